The predicted octanol–water partition coefficient (Wildman–Crippen LogP) is 0.487. The van der Waals surface area contributed by atoms with E-state index < -0.39 is 32.7 Å². The summed E-state index contributed by atoms with van der Waals surface area (Å²) in [5, 5.41) is 19.4. The summed E-state index contributed by atoms with van der Waals surface area (Å²) in [5.74, 6) is -1.98. The molecule has 0 amide bonds. The highest BCUT2D eigenvalue weighted by atomic mass is 32.2. The largest absolute Gasteiger partial charge is 0.480 e. The third kappa shape index (κ3) is 4.30. The molecule has 1 rings (SSSR count). The van der Waals surface area contributed by atoms with Gasteiger partial charge in [-0.25, -0.2) is 13.1 Å². The van der Waals surface area contributed by atoms with Crippen LogP contribution >= 0.6 is 0 Å². The van der Waals surface area contributed by atoms with Gasteiger partial charge in [0.05, 0.1) is 10.7 Å². The summed E-state index contributed by atoms with van der Waals surface area (Å²) < 4.78 is 25.3. The molecular weight excluding hydrogens is 276 g/mol. The Hall–Kier alpha value is -2.00. The van der Waals surface area contributed by atoms with Crippen molar-refractivity contribution >= 4 is 21.7 Å². The number of nitrogens with zero attached hydrogens (tertiary/aromatic N) is 1. The fraction of sp³-hybridized carbons (Fsp3) is 0.300. The number of hydrogen-bond donors (Lipinski definition) is 2. The van der Waals surface area contributed by atoms with Crippen molar-refractivity contribution in [2.75, 3.05) is 0 Å². The summed E-state index contributed by atoms with van der Waals surface area (Å²) in [4.78, 5) is 20.6. The Kier molecular flexibility index (Phi) is 4.57. The van der Waals surface area contributed by atoms with Crippen LogP contribution in [0.15, 0.2) is 24.3 Å². The van der Waals surface area contributed by atoms with E-state index >= 15 is 0 Å². The van der Waals surface area contributed by atoms with Gasteiger partial charge in [-0.05, 0) is 6.92 Å². The van der Waals surface area contributed by atoms with E-state index in [1.807, 2.05) is 4.72 Å². The van der Waals surface area contributed by atoms with E-state index in [-0.39, 0.29) is 11.3 Å². The van der Waals surface area contributed by atoms with E-state index in [1.54, 1.807) is 0 Å². The number of para-hydroxylation sites is 1. The molecule has 0 aliphatic carbocycles. The summed E-state index contributed by atoms with van der Waals surface area (Å²) in [6.45, 7) is 1.17. The molecule has 104 valence electrons. The SMILES string of the molecule is CC(NS(=O)(=O)Cc1ccccc1[N+](=O)[O-])C(=O)O. The second-order valence-electron chi connectivity index (χ2n) is 3.82. The average molecular weight is 288 g/mol. The van der Waals surface area contributed by atoms with Crippen LogP contribution in [-0.4, -0.2) is 30.5 Å². The lowest BCUT2D eigenvalue weighted by Gasteiger charge is -2.10. The fourth-order valence-corrected chi connectivity index (χ4v) is 2.75. The number of aliphatic carboxylic acids is 1. The van der Waals surface area contributed by atoms with E-state index in [9.17, 15) is 23.3 Å². The first-order valence-corrected chi connectivity index (χ1v) is 6.83. The van der Waals surface area contributed by atoms with Gasteiger partial charge in [-0.2, -0.15) is 0 Å². The maximum atomic E-state index is 11.7. The van der Waals surface area contributed by atoms with Gasteiger partial charge in [0.1, 0.15) is 6.04 Å². The van der Waals surface area contributed by atoms with Gasteiger partial charge in [0.15, 0.2) is 0 Å². The first kappa shape index (κ1) is 15.1. The van der Waals surface area contributed by atoms with Crippen molar-refractivity contribution in [1.29, 1.82) is 0 Å². The van der Waals surface area contributed by atoms with Crippen LogP contribution in [-0.2, 0) is 20.6 Å². The molecule has 0 aliphatic rings. The van der Waals surface area contributed by atoms with Crippen LogP contribution in [0, 0.1) is 10.1 Å². The minimum atomic E-state index is -3.97. The first-order chi connectivity index (χ1) is 8.73. The average Bonchev–Trinajstić information content (AvgIpc) is 2.27. The molecule has 0 saturated heterocycles. The highest BCUT2D eigenvalue weighted by molar-refractivity contribution is 7.88. The number of rotatable bonds is 6. The first-order valence-electron chi connectivity index (χ1n) is 5.18. The maximum absolute atomic E-state index is 11.7. The molecule has 0 aliphatic heterocycles. The van der Waals surface area contributed by atoms with Crippen molar-refractivity contribution in [3.05, 3.63) is 39.9 Å². The third-order valence-electron chi connectivity index (χ3n) is 2.26. The Morgan fingerprint density at radius 2 is 2.05 bits per heavy atom. The molecule has 0 heterocycles. The van der Waals surface area contributed by atoms with Crippen LogP contribution in [0.3, 0.4) is 0 Å². The zero-order valence-corrected chi connectivity index (χ0v) is 10.8. The molecule has 0 spiro atoms. The number of sulfonamides is 1. The molecule has 1 aromatic carbocycles. The van der Waals surface area contributed by atoms with Gasteiger partial charge in [0.2, 0.25) is 10.0 Å². The summed E-state index contributed by atoms with van der Waals surface area (Å²) in [6, 6.07) is 4.08. The maximum Gasteiger partial charge on any atom is 0.321 e. The zero-order chi connectivity index (χ0) is 14.6. The molecule has 8 nitrogen and oxygen atoms in total. The van der Waals surface area contributed by atoms with Crippen LogP contribution in [0.2, 0.25) is 0 Å². The second kappa shape index (κ2) is 5.76. The van der Waals surface area contributed by atoms with Gasteiger partial charge in [0.25, 0.3) is 5.69 Å². The van der Waals surface area contributed by atoms with Gasteiger partial charge in [0, 0.05) is 11.6 Å². The minimum Gasteiger partial charge on any atom is -0.480 e. The number of hydrogen-bond acceptors (Lipinski definition) is 5. The molecular formula is C10H12N2O6S. The van der Waals surface area contributed by atoms with E-state index in [0.29, 0.717) is 0 Å². The van der Waals surface area contributed by atoms with Gasteiger partial charge in [-0.15, -0.1) is 0 Å². The van der Waals surface area contributed by atoms with Crippen molar-refractivity contribution in [3.63, 3.8) is 0 Å². The Morgan fingerprint density at radius 3 is 2.58 bits per heavy atom. The van der Waals surface area contributed by atoms with Gasteiger partial charge < -0.3 is 5.11 Å². The number of carbonyl (C=O) groups is 1. The van der Waals surface area contributed by atoms with Gasteiger partial charge in [-0.3, -0.25) is 14.9 Å². The summed E-state index contributed by atoms with van der Waals surface area (Å²) in [7, 11) is -3.97. The van der Waals surface area contributed by atoms with Crippen LogP contribution < -0.4 is 4.72 Å². The molecule has 2 N–H and O–H groups in total. The number of nitrogens with one attached hydrogen (secondary N) is 1. The smallest absolute Gasteiger partial charge is 0.321 e. The van der Waals surface area contributed by atoms with Crippen molar-refractivity contribution in [2.24, 2.45) is 0 Å². The Morgan fingerprint density at radius 1 is 1.47 bits per heavy atom. The molecule has 1 unspecified atom stereocenters. The topological polar surface area (TPSA) is 127 Å². The van der Waals surface area contributed by atoms with Gasteiger partial charge >= 0.3 is 5.97 Å². The Bertz CT molecular complexity index is 598. The fourth-order valence-electron chi connectivity index (χ4n) is 1.38. The molecule has 0 radical (unpaired) electrons. The van der Waals surface area contributed by atoms with Crippen molar-refractivity contribution in [1.82, 2.24) is 4.72 Å². The van der Waals surface area contributed by atoms with E-state index in [1.165, 1.54) is 31.2 Å². The van der Waals surface area contributed by atoms with Gasteiger partial charge in [-0.1, -0.05) is 18.2 Å². The molecule has 0 bridgehead atoms. The van der Waals surface area contributed by atoms with Crippen molar-refractivity contribution in [2.45, 2.75) is 18.7 Å². The van der Waals surface area contributed by atoms with E-state index in [0.717, 1.165) is 0 Å². The number of carboxylic acids is 1. The highest BCUT2D eigenvalue weighted by Crippen LogP contribution is 2.19. The molecule has 0 saturated carbocycles. The molecule has 1 atom stereocenters. The van der Waals surface area contributed by atoms with Crippen molar-refractivity contribution in [3.8, 4) is 0 Å². The van der Waals surface area contributed by atoms with Crippen LogP contribution in [0.25, 0.3) is 0 Å². The molecule has 0 aromatic heterocycles. The molecule has 0 fully saturated rings. The number of benzene rings is 1. The van der Waals surface area contributed by atoms with Crippen LogP contribution in [0.5, 0.6) is 0 Å². The number of nitro benzene ring substituents is 1. The minimum absolute atomic E-state index is 0.00223. The van der Waals surface area contributed by atoms with E-state index in [4.69, 9.17) is 5.11 Å². The predicted molar refractivity (Wildman–Crippen MR) is 66.0 cm³/mol. The summed E-state index contributed by atoms with van der Waals surface area (Å²) in [5.41, 5.74) is -0.326. The van der Waals surface area contributed by atoms with E-state index in [2.05, 4.69) is 0 Å². The molecule has 1 aromatic rings. The zero-order valence-electron chi connectivity index (χ0n) is 9.94. The highest BCUT2D eigenvalue weighted by Gasteiger charge is 2.23. The second-order valence-corrected chi connectivity index (χ2v) is 5.58. The van der Waals surface area contributed by atoms with Crippen LogP contribution in [0.1, 0.15) is 12.5 Å². The number of carboxylic acid groups (broad SMARTS) is 1. The molecule has 19 heavy (non-hydrogen) atoms. The van der Waals surface area contributed by atoms with Crippen LogP contribution in [0.4, 0.5) is 5.69 Å². The monoisotopic (exact) mass is 288 g/mol. The standard InChI is InChI=1S/C10H12N2O6S/c1-7(10(13)14)11-19(17,18)6-8-4-2-3-5-9(8)12(15)16/h2-5,7,11H,6H2,1H3,(H,13,14). The molecule has 9 heteroatoms. The quantitative estimate of drug-likeness (QED) is 0.579. The lowest BCUT2D eigenvalue weighted by Crippen LogP contribution is -2.38. The summed E-state index contributed by atoms with van der Waals surface area (Å²) >= 11 is 0. The lowest BCUT2D eigenvalue weighted by atomic mass is 10.2. The number of nitro groups is 1. The Balaban J connectivity index is 2.96. The normalized spacial score (nSPS) is 12.9. The Labute approximate surface area is 109 Å². The summed E-state index contributed by atoms with van der Waals surface area (Å²) in [6.07, 6.45) is 0. The lowest BCUT2D eigenvalue weighted by molar-refractivity contribution is -0.385. The van der Waals surface area contributed by atoms with Crippen molar-refractivity contribution < 1.29 is 23.2 Å². The third-order valence-corrected chi connectivity index (χ3v) is 3.66.